The average Bonchev–Trinajstić information content (AvgIpc) is 3.04. The van der Waals surface area contributed by atoms with Crippen molar-refractivity contribution < 1.29 is 13.6 Å². The minimum Gasteiger partial charge on any atom is -0.338 e. The molecule has 26 heavy (non-hydrogen) atoms. The molecule has 0 saturated carbocycles. The Hall–Kier alpha value is -2.83. The van der Waals surface area contributed by atoms with Crippen LogP contribution in [0.2, 0.25) is 0 Å². The zero-order chi connectivity index (χ0) is 18.3. The molecule has 0 aromatic carbocycles. The maximum absolute atomic E-state index is 13.3. The third kappa shape index (κ3) is 3.05. The van der Waals surface area contributed by atoms with Gasteiger partial charge in [-0.3, -0.25) is 9.78 Å². The highest BCUT2D eigenvalue weighted by molar-refractivity contribution is 5.97. The van der Waals surface area contributed by atoms with E-state index in [1.807, 2.05) is 35.9 Å². The Balaban J connectivity index is 1.62. The van der Waals surface area contributed by atoms with Crippen LogP contribution in [-0.2, 0) is 0 Å². The third-order valence-corrected chi connectivity index (χ3v) is 4.71. The molecule has 0 unspecified atom stereocenters. The Labute approximate surface area is 149 Å². The number of halogens is 2. The second-order valence-electron chi connectivity index (χ2n) is 6.63. The predicted octanol–water partition coefficient (Wildman–Crippen LogP) is 3.60. The van der Waals surface area contributed by atoms with E-state index in [-0.39, 0.29) is 31.8 Å². The van der Waals surface area contributed by atoms with Crippen LogP contribution in [0.1, 0.15) is 28.9 Å². The third-order valence-electron chi connectivity index (χ3n) is 4.71. The average molecular weight is 356 g/mol. The van der Waals surface area contributed by atoms with Crippen molar-refractivity contribution >= 4 is 16.9 Å². The summed E-state index contributed by atoms with van der Waals surface area (Å²) >= 11 is 0. The fourth-order valence-electron chi connectivity index (χ4n) is 3.25. The van der Waals surface area contributed by atoms with E-state index in [2.05, 4.69) is 9.97 Å². The molecule has 0 spiro atoms. The van der Waals surface area contributed by atoms with Crippen molar-refractivity contribution in [2.45, 2.75) is 25.7 Å². The molecule has 4 rings (SSSR count). The maximum Gasteiger partial charge on any atom is 0.255 e. The smallest absolute Gasteiger partial charge is 0.255 e. The second-order valence-corrected chi connectivity index (χ2v) is 6.63. The molecule has 1 aliphatic heterocycles. The number of pyridine rings is 2. The van der Waals surface area contributed by atoms with Gasteiger partial charge in [-0.05, 0) is 31.2 Å². The lowest BCUT2D eigenvalue weighted by Crippen LogP contribution is -2.42. The maximum atomic E-state index is 13.3. The number of alkyl halides is 2. The minimum absolute atomic E-state index is 0.0706. The van der Waals surface area contributed by atoms with Gasteiger partial charge in [-0.15, -0.1) is 0 Å². The quantitative estimate of drug-likeness (QED) is 0.705. The highest BCUT2D eigenvalue weighted by atomic mass is 19.3. The molecular formula is C19H18F2N4O. The van der Waals surface area contributed by atoms with Crippen molar-refractivity contribution in [3.63, 3.8) is 0 Å². The minimum atomic E-state index is -2.67. The number of carbonyl (C=O) groups excluding carboxylic acids is 1. The zero-order valence-electron chi connectivity index (χ0n) is 14.3. The van der Waals surface area contributed by atoms with Gasteiger partial charge in [-0.2, -0.15) is 0 Å². The number of hydrogen-bond donors (Lipinski definition) is 0. The van der Waals surface area contributed by atoms with Crippen molar-refractivity contribution in [3.8, 4) is 5.69 Å². The lowest BCUT2D eigenvalue weighted by Gasteiger charge is -2.31. The number of aryl methyl sites for hydroxylation is 1. The first kappa shape index (κ1) is 16.6. The first-order valence-corrected chi connectivity index (χ1v) is 8.50. The van der Waals surface area contributed by atoms with E-state index in [9.17, 15) is 13.6 Å². The zero-order valence-corrected chi connectivity index (χ0v) is 14.3. The monoisotopic (exact) mass is 356 g/mol. The van der Waals surface area contributed by atoms with Crippen molar-refractivity contribution in [1.29, 1.82) is 0 Å². The van der Waals surface area contributed by atoms with Gasteiger partial charge in [0.25, 0.3) is 11.8 Å². The summed E-state index contributed by atoms with van der Waals surface area (Å²) in [5, 5.41) is 0.827. The number of aromatic nitrogens is 3. The first-order valence-electron chi connectivity index (χ1n) is 8.50. The van der Waals surface area contributed by atoms with E-state index in [1.165, 1.54) is 11.1 Å². The summed E-state index contributed by atoms with van der Waals surface area (Å²) in [5.74, 6) is -2.92. The summed E-state index contributed by atoms with van der Waals surface area (Å²) in [6.07, 6.45) is 4.57. The Kier molecular flexibility index (Phi) is 3.94. The van der Waals surface area contributed by atoms with Crippen LogP contribution in [0.4, 0.5) is 8.78 Å². The van der Waals surface area contributed by atoms with Gasteiger partial charge in [0.05, 0.1) is 11.3 Å². The largest absolute Gasteiger partial charge is 0.338 e. The summed E-state index contributed by atoms with van der Waals surface area (Å²) in [6, 6.07) is 7.50. The molecule has 1 saturated heterocycles. The van der Waals surface area contributed by atoms with E-state index < -0.39 is 5.92 Å². The molecule has 4 heterocycles. The molecule has 5 nitrogen and oxygen atoms in total. The number of nitrogens with zero attached hydrogens (tertiary/aromatic N) is 4. The molecule has 1 aliphatic rings. The van der Waals surface area contributed by atoms with Gasteiger partial charge < -0.3 is 9.47 Å². The van der Waals surface area contributed by atoms with Gasteiger partial charge in [-0.1, -0.05) is 0 Å². The topological polar surface area (TPSA) is 51.0 Å². The molecule has 1 amide bonds. The first-order chi connectivity index (χ1) is 12.4. The Morgan fingerprint density at radius 1 is 1.15 bits per heavy atom. The number of piperidine rings is 1. The molecule has 134 valence electrons. The van der Waals surface area contributed by atoms with Crippen molar-refractivity contribution in [1.82, 2.24) is 19.4 Å². The van der Waals surface area contributed by atoms with Crippen LogP contribution in [0.15, 0.2) is 42.9 Å². The molecule has 1 fully saturated rings. The number of hydrogen-bond acceptors (Lipinski definition) is 3. The number of amides is 1. The van der Waals surface area contributed by atoms with E-state index in [4.69, 9.17) is 0 Å². The fourth-order valence-corrected chi connectivity index (χ4v) is 3.25. The van der Waals surface area contributed by atoms with Crippen LogP contribution in [0.3, 0.4) is 0 Å². The SMILES string of the molecule is Cc1cc(-n2ccc3cc(C(=O)N4CCC(F)(F)CC4)cnc32)ccn1. The predicted molar refractivity (Wildman–Crippen MR) is 93.7 cm³/mol. The van der Waals surface area contributed by atoms with Crippen LogP contribution in [0, 0.1) is 6.92 Å². The molecule has 0 radical (unpaired) electrons. The lowest BCUT2D eigenvalue weighted by atomic mass is 10.1. The molecule has 3 aromatic rings. The number of carbonyl (C=O) groups is 1. The molecule has 0 atom stereocenters. The fraction of sp³-hybridized carbons (Fsp3) is 0.316. The molecule has 3 aromatic heterocycles. The van der Waals surface area contributed by atoms with E-state index >= 15 is 0 Å². The second kappa shape index (κ2) is 6.16. The molecule has 0 aliphatic carbocycles. The molecule has 7 heteroatoms. The summed E-state index contributed by atoms with van der Waals surface area (Å²) in [6.45, 7) is 2.06. The van der Waals surface area contributed by atoms with Crippen LogP contribution in [0.25, 0.3) is 16.7 Å². The van der Waals surface area contributed by atoms with Gasteiger partial charge >= 0.3 is 0 Å². The van der Waals surface area contributed by atoms with Crippen LogP contribution in [0.5, 0.6) is 0 Å². The number of rotatable bonds is 2. The van der Waals surface area contributed by atoms with Crippen molar-refractivity contribution in [3.05, 3.63) is 54.1 Å². The Morgan fingerprint density at radius 2 is 1.92 bits per heavy atom. The van der Waals surface area contributed by atoms with Gasteiger partial charge in [0.15, 0.2) is 0 Å². The molecule has 0 N–H and O–H groups in total. The lowest BCUT2D eigenvalue weighted by molar-refractivity contribution is -0.0494. The number of fused-ring (bicyclic) bond motifs is 1. The van der Waals surface area contributed by atoms with E-state index in [0.29, 0.717) is 5.56 Å². The van der Waals surface area contributed by atoms with Crippen molar-refractivity contribution in [2.24, 2.45) is 0 Å². The van der Waals surface area contributed by atoms with E-state index in [0.717, 1.165) is 22.4 Å². The summed E-state index contributed by atoms with van der Waals surface area (Å²) in [7, 11) is 0. The summed E-state index contributed by atoms with van der Waals surface area (Å²) in [4.78, 5) is 22.7. The standard InChI is InChI=1S/C19H18F2N4O/c1-13-10-16(2-6-22-13)25-7-3-14-11-15(12-23-17(14)25)18(26)24-8-4-19(20,21)5-9-24/h2-3,6-7,10-12H,4-5,8-9H2,1H3. The van der Waals surface area contributed by atoms with Crippen molar-refractivity contribution in [2.75, 3.05) is 13.1 Å². The highest BCUT2D eigenvalue weighted by Gasteiger charge is 2.35. The van der Waals surface area contributed by atoms with Crippen LogP contribution < -0.4 is 0 Å². The highest BCUT2D eigenvalue weighted by Crippen LogP contribution is 2.28. The number of likely N-dealkylation sites (tertiary alicyclic amines) is 1. The van der Waals surface area contributed by atoms with Gasteiger partial charge in [0, 0.05) is 55.6 Å². The normalized spacial score (nSPS) is 16.8. The van der Waals surface area contributed by atoms with Gasteiger partial charge in [0.1, 0.15) is 5.65 Å². The summed E-state index contributed by atoms with van der Waals surface area (Å²) in [5.41, 5.74) is 3.00. The molecular weight excluding hydrogens is 338 g/mol. The van der Waals surface area contributed by atoms with Gasteiger partial charge in [0.2, 0.25) is 0 Å². The van der Waals surface area contributed by atoms with Crippen LogP contribution in [-0.4, -0.2) is 44.4 Å². The Morgan fingerprint density at radius 3 is 2.65 bits per heavy atom. The van der Waals surface area contributed by atoms with Crippen LogP contribution >= 0.6 is 0 Å². The van der Waals surface area contributed by atoms with E-state index in [1.54, 1.807) is 12.3 Å². The summed E-state index contributed by atoms with van der Waals surface area (Å²) < 4.78 is 28.5. The van der Waals surface area contributed by atoms with Gasteiger partial charge in [-0.25, -0.2) is 13.8 Å². The Bertz CT molecular complexity index is 973. The molecule has 0 bridgehead atoms.